The van der Waals surface area contributed by atoms with Crippen LogP contribution in [0.25, 0.3) is 0 Å². The molecule has 1 N–H and O–H groups in total. The fraction of sp³-hybridized carbons (Fsp3) is 0.417. The molecule has 0 atom stereocenters. The van der Waals surface area contributed by atoms with Crippen LogP contribution >= 0.6 is 31.9 Å². The van der Waals surface area contributed by atoms with Gasteiger partial charge in [-0.15, -0.1) is 0 Å². The second kappa shape index (κ2) is 6.53. The molecule has 0 saturated heterocycles. The van der Waals surface area contributed by atoms with E-state index in [9.17, 15) is 4.79 Å². The Labute approximate surface area is 133 Å². The fourth-order valence-corrected chi connectivity index (χ4v) is 2.53. The standard InChI is InChI=1S/C12H15Br2N5O/c1-8-10(14)7-19(17-8)4-3-12(20)15-6-11-9(13)5-16-18(11)2/h5,7H,3-4,6H2,1-2H3,(H,15,20). The summed E-state index contributed by atoms with van der Waals surface area (Å²) in [6.07, 6.45) is 3.98. The van der Waals surface area contributed by atoms with Crippen molar-refractivity contribution in [2.24, 2.45) is 7.05 Å². The van der Waals surface area contributed by atoms with Crippen LogP contribution in [0.1, 0.15) is 17.8 Å². The summed E-state index contributed by atoms with van der Waals surface area (Å²) in [7, 11) is 1.84. The second-order valence-corrected chi connectivity index (χ2v) is 6.12. The van der Waals surface area contributed by atoms with Crippen LogP contribution in [-0.4, -0.2) is 25.5 Å². The number of nitrogens with zero attached hydrogens (tertiary/aromatic N) is 4. The average molecular weight is 405 g/mol. The first-order valence-electron chi connectivity index (χ1n) is 6.10. The highest BCUT2D eigenvalue weighted by molar-refractivity contribution is 9.10. The first kappa shape index (κ1) is 15.2. The van der Waals surface area contributed by atoms with Crippen LogP contribution in [0.2, 0.25) is 0 Å². The van der Waals surface area contributed by atoms with Crippen molar-refractivity contribution in [3.8, 4) is 0 Å². The zero-order valence-electron chi connectivity index (χ0n) is 11.2. The van der Waals surface area contributed by atoms with Gasteiger partial charge in [-0.2, -0.15) is 10.2 Å². The molecule has 0 fully saturated rings. The van der Waals surface area contributed by atoms with Crippen LogP contribution in [0.4, 0.5) is 0 Å². The van der Waals surface area contributed by atoms with Gasteiger partial charge in [0, 0.05) is 26.2 Å². The van der Waals surface area contributed by atoms with Gasteiger partial charge in [0.05, 0.1) is 33.1 Å². The van der Waals surface area contributed by atoms with Gasteiger partial charge >= 0.3 is 0 Å². The van der Waals surface area contributed by atoms with E-state index in [1.165, 1.54) is 0 Å². The lowest BCUT2D eigenvalue weighted by Gasteiger charge is -2.06. The molecule has 6 nitrogen and oxygen atoms in total. The van der Waals surface area contributed by atoms with Gasteiger partial charge in [0.1, 0.15) is 0 Å². The summed E-state index contributed by atoms with van der Waals surface area (Å²) in [5.41, 5.74) is 1.86. The summed E-state index contributed by atoms with van der Waals surface area (Å²) in [6.45, 7) is 2.93. The summed E-state index contributed by atoms with van der Waals surface area (Å²) in [5, 5.41) is 11.3. The number of amides is 1. The molecule has 2 heterocycles. The Morgan fingerprint density at radius 3 is 2.70 bits per heavy atom. The van der Waals surface area contributed by atoms with E-state index < -0.39 is 0 Å². The van der Waals surface area contributed by atoms with Crippen molar-refractivity contribution < 1.29 is 4.79 Å². The molecule has 0 aliphatic heterocycles. The van der Waals surface area contributed by atoms with E-state index in [0.29, 0.717) is 19.5 Å². The van der Waals surface area contributed by atoms with Crippen molar-refractivity contribution in [1.29, 1.82) is 0 Å². The number of carbonyl (C=O) groups is 1. The lowest BCUT2D eigenvalue weighted by atomic mass is 10.3. The van der Waals surface area contributed by atoms with E-state index in [4.69, 9.17) is 0 Å². The second-order valence-electron chi connectivity index (χ2n) is 4.42. The zero-order valence-corrected chi connectivity index (χ0v) is 14.4. The van der Waals surface area contributed by atoms with Crippen LogP contribution in [0, 0.1) is 6.92 Å². The largest absolute Gasteiger partial charge is 0.350 e. The van der Waals surface area contributed by atoms with Crippen molar-refractivity contribution >= 4 is 37.8 Å². The molecule has 2 aromatic rings. The maximum absolute atomic E-state index is 11.8. The molecule has 20 heavy (non-hydrogen) atoms. The molecule has 2 rings (SSSR count). The fourth-order valence-electron chi connectivity index (χ4n) is 1.73. The topological polar surface area (TPSA) is 64.7 Å². The SMILES string of the molecule is Cc1nn(CCC(=O)NCc2c(Br)cnn2C)cc1Br. The summed E-state index contributed by atoms with van der Waals surface area (Å²) >= 11 is 6.80. The van der Waals surface area contributed by atoms with E-state index in [-0.39, 0.29) is 5.91 Å². The number of nitrogens with one attached hydrogen (secondary N) is 1. The number of hydrogen-bond acceptors (Lipinski definition) is 3. The van der Waals surface area contributed by atoms with Crippen LogP contribution in [-0.2, 0) is 24.9 Å². The summed E-state index contributed by atoms with van der Waals surface area (Å²) in [4.78, 5) is 11.8. The van der Waals surface area contributed by atoms with Gasteiger partial charge in [-0.1, -0.05) is 0 Å². The third-order valence-corrected chi connectivity index (χ3v) is 4.36. The van der Waals surface area contributed by atoms with Crippen LogP contribution < -0.4 is 5.32 Å². The van der Waals surface area contributed by atoms with E-state index in [0.717, 1.165) is 20.3 Å². The molecule has 8 heteroatoms. The van der Waals surface area contributed by atoms with E-state index in [1.807, 2.05) is 20.2 Å². The molecule has 0 aliphatic rings. The van der Waals surface area contributed by atoms with Crippen molar-refractivity contribution in [3.63, 3.8) is 0 Å². The maximum Gasteiger partial charge on any atom is 0.222 e. The minimum absolute atomic E-state index is 0.0117. The third-order valence-electron chi connectivity index (χ3n) is 2.92. The van der Waals surface area contributed by atoms with Crippen LogP contribution in [0.3, 0.4) is 0 Å². The Bertz CT molecular complexity index is 580. The molecule has 0 spiro atoms. The first-order chi connectivity index (χ1) is 9.47. The zero-order chi connectivity index (χ0) is 14.7. The van der Waals surface area contributed by atoms with Gasteiger partial charge in [-0.05, 0) is 38.8 Å². The van der Waals surface area contributed by atoms with Crippen molar-refractivity contribution in [3.05, 3.63) is 32.7 Å². The van der Waals surface area contributed by atoms with E-state index in [2.05, 4.69) is 47.4 Å². The molecular weight excluding hydrogens is 390 g/mol. The average Bonchev–Trinajstić information content (AvgIpc) is 2.89. The lowest BCUT2D eigenvalue weighted by Crippen LogP contribution is -2.25. The summed E-state index contributed by atoms with van der Waals surface area (Å²) < 4.78 is 5.35. The maximum atomic E-state index is 11.8. The number of aromatic nitrogens is 4. The smallest absolute Gasteiger partial charge is 0.222 e. The molecule has 0 saturated carbocycles. The number of aryl methyl sites for hydroxylation is 3. The van der Waals surface area contributed by atoms with Gasteiger partial charge in [0.25, 0.3) is 0 Å². The van der Waals surface area contributed by atoms with E-state index in [1.54, 1.807) is 15.6 Å². The van der Waals surface area contributed by atoms with Crippen molar-refractivity contribution in [1.82, 2.24) is 24.9 Å². The number of carbonyl (C=O) groups excluding carboxylic acids is 1. The Balaban J connectivity index is 1.81. The molecule has 0 aromatic carbocycles. The highest BCUT2D eigenvalue weighted by atomic mass is 79.9. The molecule has 0 bridgehead atoms. The first-order valence-corrected chi connectivity index (χ1v) is 7.68. The summed E-state index contributed by atoms with van der Waals surface area (Å²) in [6, 6.07) is 0. The molecule has 108 valence electrons. The van der Waals surface area contributed by atoms with Gasteiger partial charge in [0.15, 0.2) is 0 Å². The Hall–Kier alpha value is -1.15. The molecule has 0 unspecified atom stereocenters. The predicted octanol–water partition coefficient (Wildman–Crippen LogP) is 2.16. The predicted molar refractivity (Wildman–Crippen MR) is 82.0 cm³/mol. The summed E-state index contributed by atoms with van der Waals surface area (Å²) in [5.74, 6) is -0.0117. The van der Waals surface area contributed by atoms with Crippen LogP contribution in [0.5, 0.6) is 0 Å². The minimum atomic E-state index is -0.0117. The van der Waals surface area contributed by atoms with Gasteiger partial charge in [-0.3, -0.25) is 14.2 Å². The Morgan fingerprint density at radius 1 is 1.40 bits per heavy atom. The molecule has 1 amide bonds. The third kappa shape index (κ3) is 3.69. The normalized spacial score (nSPS) is 10.8. The van der Waals surface area contributed by atoms with E-state index >= 15 is 0 Å². The van der Waals surface area contributed by atoms with Crippen molar-refractivity contribution in [2.75, 3.05) is 0 Å². The number of rotatable bonds is 5. The number of hydrogen-bond donors (Lipinski definition) is 1. The Kier molecular flexibility index (Phi) is 4.98. The minimum Gasteiger partial charge on any atom is -0.350 e. The molecular formula is C12H15Br2N5O. The highest BCUT2D eigenvalue weighted by Gasteiger charge is 2.09. The molecule has 0 aliphatic carbocycles. The Morgan fingerprint density at radius 2 is 2.15 bits per heavy atom. The lowest BCUT2D eigenvalue weighted by molar-refractivity contribution is -0.121. The molecule has 2 aromatic heterocycles. The number of halogens is 2. The van der Waals surface area contributed by atoms with Crippen LogP contribution in [0.15, 0.2) is 21.3 Å². The van der Waals surface area contributed by atoms with Gasteiger partial charge in [0.2, 0.25) is 5.91 Å². The monoisotopic (exact) mass is 403 g/mol. The van der Waals surface area contributed by atoms with Gasteiger partial charge in [-0.25, -0.2) is 0 Å². The van der Waals surface area contributed by atoms with Crippen molar-refractivity contribution in [2.45, 2.75) is 26.4 Å². The molecule has 0 radical (unpaired) electrons. The quantitative estimate of drug-likeness (QED) is 0.830. The van der Waals surface area contributed by atoms with Gasteiger partial charge < -0.3 is 5.32 Å². The highest BCUT2D eigenvalue weighted by Crippen LogP contribution is 2.15.